The first-order valence-corrected chi connectivity index (χ1v) is 3.99. The molecule has 0 aromatic carbocycles. The van der Waals surface area contributed by atoms with Crippen molar-refractivity contribution in [2.45, 2.75) is 13.8 Å². The summed E-state index contributed by atoms with van der Waals surface area (Å²) in [5.74, 6) is -1.20. The molecular weight excluding hydrogens is 186 g/mol. The molecule has 5 nitrogen and oxygen atoms in total. The molecule has 0 spiro atoms. The fourth-order valence-electron chi connectivity index (χ4n) is 1.36. The van der Waals surface area contributed by atoms with Crippen molar-refractivity contribution < 1.29 is 14.6 Å². The number of aromatic carboxylic acids is 1. The average Bonchev–Trinajstić information content (AvgIpc) is 2.02. The number of nitrogens with one attached hydrogen (secondary N) is 1. The van der Waals surface area contributed by atoms with E-state index in [2.05, 4.69) is 4.98 Å². The molecule has 0 saturated carbocycles. The smallest absolute Gasteiger partial charge is 0.341 e. The lowest BCUT2D eigenvalue weighted by Crippen LogP contribution is -2.20. The molecule has 0 bridgehead atoms. The molecule has 0 radical (unpaired) electrons. The number of pyridine rings is 1. The summed E-state index contributed by atoms with van der Waals surface area (Å²) in [6.07, 6.45) is 0. The summed E-state index contributed by atoms with van der Waals surface area (Å²) in [6.45, 7) is 3.19. The highest BCUT2D eigenvalue weighted by Gasteiger charge is 2.18. The van der Waals surface area contributed by atoms with Gasteiger partial charge in [-0.2, -0.15) is 0 Å². The van der Waals surface area contributed by atoms with Crippen LogP contribution in [0.2, 0.25) is 0 Å². The quantitative estimate of drug-likeness (QED) is 0.731. The second-order valence-electron chi connectivity index (χ2n) is 2.92. The van der Waals surface area contributed by atoms with E-state index in [-0.39, 0.29) is 11.3 Å². The number of hydrogen-bond donors (Lipinski definition) is 2. The maximum Gasteiger partial charge on any atom is 0.341 e. The maximum absolute atomic E-state index is 11.6. The number of ether oxygens (including phenoxy) is 1. The van der Waals surface area contributed by atoms with Crippen LogP contribution in [0.3, 0.4) is 0 Å². The molecular formula is C9H11NO4. The molecule has 0 unspecified atom stereocenters. The van der Waals surface area contributed by atoms with Gasteiger partial charge in [0.25, 0.3) is 0 Å². The number of aryl methyl sites for hydroxylation is 2. The van der Waals surface area contributed by atoms with Crippen LogP contribution < -0.4 is 10.2 Å². The third-order valence-electron chi connectivity index (χ3n) is 1.94. The Hall–Kier alpha value is -1.78. The van der Waals surface area contributed by atoms with Crippen LogP contribution >= 0.6 is 0 Å². The molecule has 0 amide bonds. The molecule has 0 aliphatic carbocycles. The zero-order valence-electron chi connectivity index (χ0n) is 8.17. The third kappa shape index (κ3) is 1.48. The second-order valence-corrected chi connectivity index (χ2v) is 2.92. The minimum absolute atomic E-state index is 0.0491. The van der Waals surface area contributed by atoms with E-state index in [0.717, 1.165) is 0 Å². The molecule has 2 N–H and O–H groups in total. The van der Waals surface area contributed by atoms with Gasteiger partial charge in [0, 0.05) is 5.69 Å². The van der Waals surface area contributed by atoms with Crippen LogP contribution in [0.5, 0.6) is 5.75 Å². The van der Waals surface area contributed by atoms with Crippen LogP contribution in [0.4, 0.5) is 0 Å². The molecule has 1 heterocycles. The number of carboxylic acid groups (broad SMARTS) is 1. The second kappa shape index (κ2) is 3.53. The van der Waals surface area contributed by atoms with Crippen LogP contribution in [0, 0.1) is 13.8 Å². The zero-order valence-corrected chi connectivity index (χ0v) is 8.17. The van der Waals surface area contributed by atoms with E-state index in [1.165, 1.54) is 14.0 Å². The largest absolute Gasteiger partial charge is 0.491 e. The van der Waals surface area contributed by atoms with E-state index in [1.807, 2.05) is 0 Å². The van der Waals surface area contributed by atoms with Crippen LogP contribution in [-0.4, -0.2) is 23.2 Å². The van der Waals surface area contributed by atoms with E-state index in [4.69, 9.17) is 9.84 Å². The van der Waals surface area contributed by atoms with Gasteiger partial charge >= 0.3 is 5.97 Å². The van der Waals surface area contributed by atoms with E-state index < -0.39 is 11.4 Å². The highest BCUT2D eigenvalue weighted by molar-refractivity contribution is 5.89. The lowest BCUT2D eigenvalue weighted by molar-refractivity contribution is 0.0693. The molecule has 0 saturated heterocycles. The van der Waals surface area contributed by atoms with Crippen molar-refractivity contribution >= 4 is 5.97 Å². The number of aromatic amines is 1. The summed E-state index contributed by atoms with van der Waals surface area (Å²) in [6, 6.07) is 0. The van der Waals surface area contributed by atoms with Crippen LogP contribution in [-0.2, 0) is 0 Å². The fraction of sp³-hybridized carbons (Fsp3) is 0.333. The Morgan fingerprint density at radius 2 is 1.93 bits per heavy atom. The molecule has 0 fully saturated rings. The summed E-state index contributed by atoms with van der Waals surface area (Å²) in [4.78, 5) is 25.1. The van der Waals surface area contributed by atoms with Crippen molar-refractivity contribution in [3.05, 3.63) is 27.2 Å². The summed E-state index contributed by atoms with van der Waals surface area (Å²) < 4.78 is 4.81. The van der Waals surface area contributed by atoms with Gasteiger partial charge in [0.2, 0.25) is 5.43 Å². The number of aromatic nitrogens is 1. The van der Waals surface area contributed by atoms with Crippen molar-refractivity contribution in [1.82, 2.24) is 4.98 Å². The van der Waals surface area contributed by atoms with Crippen molar-refractivity contribution in [3.63, 3.8) is 0 Å². The Kier molecular flexibility index (Phi) is 2.60. The van der Waals surface area contributed by atoms with E-state index in [9.17, 15) is 9.59 Å². The van der Waals surface area contributed by atoms with E-state index >= 15 is 0 Å². The highest BCUT2D eigenvalue weighted by atomic mass is 16.5. The predicted octanol–water partition coefficient (Wildman–Crippen LogP) is 0.699. The van der Waals surface area contributed by atoms with Gasteiger partial charge < -0.3 is 14.8 Å². The lowest BCUT2D eigenvalue weighted by atomic mass is 10.1. The summed E-state index contributed by atoms with van der Waals surface area (Å²) in [5.41, 5.74) is 0.00185. The van der Waals surface area contributed by atoms with Crippen molar-refractivity contribution in [2.75, 3.05) is 7.11 Å². The molecule has 1 rings (SSSR count). The monoisotopic (exact) mass is 197 g/mol. The Morgan fingerprint density at radius 3 is 2.36 bits per heavy atom. The Bertz CT molecular complexity index is 433. The fourth-order valence-corrected chi connectivity index (χ4v) is 1.36. The summed E-state index contributed by atoms with van der Waals surface area (Å²) >= 11 is 0. The lowest BCUT2D eigenvalue weighted by Gasteiger charge is -2.07. The number of rotatable bonds is 2. The number of carboxylic acids is 1. The third-order valence-corrected chi connectivity index (χ3v) is 1.94. The number of carbonyl (C=O) groups is 1. The Morgan fingerprint density at radius 1 is 1.36 bits per heavy atom. The van der Waals surface area contributed by atoms with Crippen LogP contribution in [0.15, 0.2) is 4.79 Å². The van der Waals surface area contributed by atoms with Gasteiger partial charge in [-0.1, -0.05) is 0 Å². The van der Waals surface area contributed by atoms with Crippen molar-refractivity contribution in [3.8, 4) is 5.75 Å². The van der Waals surface area contributed by atoms with Gasteiger partial charge in [0.05, 0.1) is 12.8 Å². The van der Waals surface area contributed by atoms with Gasteiger partial charge in [-0.25, -0.2) is 4.79 Å². The molecule has 1 aromatic heterocycles. The minimum Gasteiger partial charge on any atom is -0.491 e. The molecule has 76 valence electrons. The highest BCUT2D eigenvalue weighted by Crippen LogP contribution is 2.12. The van der Waals surface area contributed by atoms with Crippen molar-refractivity contribution in [2.24, 2.45) is 0 Å². The van der Waals surface area contributed by atoms with E-state index in [0.29, 0.717) is 11.4 Å². The molecule has 5 heteroatoms. The number of methoxy groups -OCH3 is 1. The standard InChI is InChI=1S/C9H11NO4/c1-4-6(9(12)13)7(11)8(14-3)5(2)10-4/h1-3H3,(H,10,11)(H,12,13). The first-order valence-electron chi connectivity index (χ1n) is 3.99. The van der Waals surface area contributed by atoms with Gasteiger partial charge in [0.1, 0.15) is 5.56 Å². The minimum atomic E-state index is -1.25. The van der Waals surface area contributed by atoms with E-state index in [1.54, 1.807) is 6.92 Å². The normalized spacial score (nSPS) is 9.93. The Labute approximate surface area is 80.3 Å². The maximum atomic E-state index is 11.6. The summed E-state index contributed by atoms with van der Waals surface area (Å²) in [7, 11) is 1.33. The van der Waals surface area contributed by atoms with Gasteiger partial charge in [-0.3, -0.25) is 4.79 Å². The topological polar surface area (TPSA) is 79.4 Å². The average molecular weight is 197 g/mol. The zero-order chi connectivity index (χ0) is 10.9. The predicted molar refractivity (Wildman–Crippen MR) is 50.0 cm³/mol. The Balaban J connectivity index is 3.61. The number of H-pyrrole nitrogens is 1. The summed E-state index contributed by atoms with van der Waals surface area (Å²) in [5, 5.41) is 8.78. The van der Waals surface area contributed by atoms with Gasteiger partial charge in [-0.05, 0) is 13.8 Å². The molecule has 0 atom stereocenters. The first kappa shape index (κ1) is 10.3. The van der Waals surface area contributed by atoms with Gasteiger partial charge in [0.15, 0.2) is 5.75 Å². The number of hydrogen-bond acceptors (Lipinski definition) is 3. The van der Waals surface area contributed by atoms with Crippen LogP contribution in [0.25, 0.3) is 0 Å². The first-order chi connectivity index (χ1) is 6.49. The van der Waals surface area contributed by atoms with Crippen molar-refractivity contribution in [1.29, 1.82) is 0 Å². The van der Waals surface area contributed by atoms with Crippen LogP contribution in [0.1, 0.15) is 21.7 Å². The molecule has 1 aromatic rings. The molecule has 14 heavy (non-hydrogen) atoms. The molecule has 0 aliphatic heterocycles. The van der Waals surface area contributed by atoms with Gasteiger partial charge in [-0.15, -0.1) is 0 Å². The SMILES string of the molecule is COc1c(C)[nH]c(C)c(C(=O)O)c1=O. The molecule has 0 aliphatic rings.